The third kappa shape index (κ3) is 2.65. The number of amides is 1. The van der Waals surface area contributed by atoms with Gasteiger partial charge in [-0.25, -0.2) is 4.98 Å². The SMILES string of the molecule is O=C(NCCc1ccco1)c1ncoc1-c1cccs1. The van der Waals surface area contributed by atoms with Crippen LogP contribution in [0.25, 0.3) is 10.6 Å². The van der Waals surface area contributed by atoms with Gasteiger partial charge in [0.25, 0.3) is 5.91 Å². The molecule has 3 aromatic rings. The summed E-state index contributed by atoms with van der Waals surface area (Å²) >= 11 is 1.51. The fraction of sp³-hybridized carbons (Fsp3) is 0.143. The van der Waals surface area contributed by atoms with Crippen molar-refractivity contribution < 1.29 is 13.6 Å². The molecule has 3 heterocycles. The molecule has 0 atom stereocenters. The molecule has 0 aliphatic carbocycles. The predicted molar refractivity (Wildman–Crippen MR) is 74.6 cm³/mol. The lowest BCUT2D eigenvalue weighted by Gasteiger charge is -2.02. The van der Waals surface area contributed by atoms with Gasteiger partial charge in [-0.15, -0.1) is 11.3 Å². The molecule has 102 valence electrons. The van der Waals surface area contributed by atoms with Crippen LogP contribution in [0, 0.1) is 0 Å². The summed E-state index contributed by atoms with van der Waals surface area (Å²) in [6.07, 6.45) is 3.55. The Balaban J connectivity index is 1.64. The Bertz CT molecular complexity index is 671. The highest BCUT2D eigenvalue weighted by atomic mass is 32.1. The Morgan fingerprint density at radius 2 is 2.25 bits per heavy atom. The minimum absolute atomic E-state index is 0.242. The third-order valence-corrected chi connectivity index (χ3v) is 3.63. The average molecular weight is 288 g/mol. The van der Waals surface area contributed by atoms with E-state index < -0.39 is 0 Å². The number of oxazole rings is 1. The summed E-state index contributed by atoms with van der Waals surface area (Å²) in [5.74, 6) is 1.10. The van der Waals surface area contributed by atoms with Crippen LogP contribution in [-0.2, 0) is 6.42 Å². The summed E-state index contributed by atoms with van der Waals surface area (Å²) in [6, 6.07) is 7.49. The molecule has 3 aromatic heterocycles. The molecule has 0 unspecified atom stereocenters. The molecule has 0 aliphatic rings. The Morgan fingerprint density at radius 1 is 1.30 bits per heavy atom. The quantitative estimate of drug-likeness (QED) is 0.783. The van der Waals surface area contributed by atoms with E-state index in [1.54, 1.807) is 6.26 Å². The molecule has 0 aromatic carbocycles. The van der Waals surface area contributed by atoms with Crippen LogP contribution in [0.15, 0.2) is 51.1 Å². The Kier molecular flexibility index (Phi) is 3.64. The fourth-order valence-corrected chi connectivity index (χ4v) is 2.54. The molecule has 5 nitrogen and oxygen atoms in total. The smallest absolute Gasteiger partial charge is 0.273 e. The van der Waals surface area contributed by atoms with Gasteiger partial charge in [-0.1, -0.05) is 6.07 Å². The maximum atomic E-state index is 12.1. The molecular weight excluding hydrogens is 276 g/mol. The van der Waals surface area contributed by atoms with E-state index in [0.29, 0.717) is 24.4 Å². The number of furan rings is 1. The summed E-state index contributed by atoms with van der Waals surface area (Å²) in [6.45, 7) is 0.489. The van der Waals surface area contributed by atoms with E-state index in [-0.39, 0.29) is 5.91 Å². The van der Waals surface area contributed by atoms with Crippen LogP contribution < -0.4 is 5.32 Å². The van der Waals surface area contributed by atoms with Crippen LogP contribution in [-0.4, -0.2) is 17.4 Å². The molecule has 0 bridgehead atoms. The normalized spacial score (nSPS) is 10.6. The van der Waals surface area contributed by atoms with E-state index in [1.165, 1.54) is 17.7 Å². The summed E-state index contributed by atoms with van der Waals surface area (Å²) in [5.41, 5.74) is 0.312. The first-order chi connectivity index (χ1) is 9.84. The van der Waals surface area contributed by atoms with Crippen molar-refractivity contribution in [1.82, 2.24) is 10.3 Å². The zero-order valence-electron chi connectivity index (χ0n) is 10.5. The summed E-state index contributed by atoms with van der Waals surface area (Å²) in [4.78, 5) is 17.0. The predicted octanol–water partition coefficient (Wildman–Crippen LogP) is 2.97. The first-order valence-electron chi connectivity index (χ1n) is 6.12. The van der Waals surface area contributed by atoms with Crippen LogP contribution in [0.5, 0.6) is 0 Å². The van der Waals surface area contributed by atoms with Gasteiger partial charge in [-0.3, -0.25) is 4.79 Å². The van der Waals surface area contributed by atoms with Gasteiger partial charge in [0.15, 0.2) is 17.8 Å². The van der Waals surface area contributed by atoms with Gasteiger partial charge in [0.2, 0.25) is 0 Å². The number of aromatic nitrogens is 1. The molecule has 3 rings (SSSR count). The van der Waals surface area contributed by atoms with Gasteiger partial charge >= 0.3 is 0 Å². The second kappa shape index (κ2) is 5.75. The molecule has 0 aliphatic heterocycles. The molecule has 20 heavy (non-hydrogen) atoms. The molecule has 6 heteroatoms. The van der Waals surface area contributed by atoms with Crippen molar-refractivity contribution in [2.75, 3.05) is 6.54 Å². The van der Waals surface area contributed by atoms with Crippen LogP contribution >= 0.6 is 11.3 Å². The van der Waals surface area contributed by atoms with Crippen molar-refractivity contribution >= 4 is 17.2 Å². The average Bonchev–Trinajstić information content (AvgIpc) is 3.19. The molecule has 1 N–H and O–H groups in total. The van der Waals surface area contributed by atoms with Crippen molar-refractivity contribution in [3.05, 3.63) is 53.8 Å². The molecule has 0 spiro atoms. The van der Waals surface area contributed by atoms with Crippen LogP contribution in [0.3, 0.4) is 0 Å². The molecule has 0 saturated heterocycles. The summed E-state index contributed by atoms with van der Waals surface area (Å²) < 4.78 is 10.5. The minimum atomic E-state index is -0.242. The van der Waals surface area contributed by atoms with Gasteiger partial charge < -0.3 is 14.2 Å². The van der Waals surface area contributed by atoms with Crippen molar-refractivity contribution in [2.24, 2.45) is 0 Å². The highest BCUT2D eigenvalue weighted by Crippen LogP contribution is 2.27. The monoisotopic (exact) mass is 288 g/mol. The first-order valence-corrected chi connectivity index (χ1v) is 7.00. The van der Waals surface area contributed by atoms with Gasteiger partial charge in [0, 0.05) is 13.0 Å². The van der Waals surface area contributed by atoms with E-state index in [9.17, 15) is 4.79 Å². The maximum Gasteiger partial charge on any atom is 0.273 e. The van der Waals surface area contributed by atoms with Gasteiger partial charge in [0.1, 0.15) is 5.76 Å². The lowest BCUT2D eigenvalue weighted by molar-refractivity contribution is 0.0949. The minimum Gasteiger partial charge on any atom is -0.469 e. The van der Waals surface area contributed by atoms with Crippen LogP contribution in [0.4, 0.5) is 0 Å². The summed E-state index contributed by atoms with van der Waals surface area (Å²) in [5, 5.41) is 4.74. The van der Waals surface area contributed by atoms with E-state index in [4.69, 9.17) is 8.83 Å². The Morgan fingerprint density at radius 3 is 3.00 bits per heavy atom. The lowest BCUT2D eigenvalue weighted by Crippen LogP contribution is -2.26. The van der Waals surface area contributed by atoms with Crippen molar-refractivity contribution in [3.8, 4) is 10.6 Å². The Labute approximate surface area is 119 Å². The summed E-state index contributed by atoms with van der Waals surface area (Å²) in [7, 11) is 0. The topological polar surface area (TPSA) is 68.3 Å². The number of carbonyl (C=O) groups is 1. The van der Waals surface area contributed by atoms with E-state index >= 15 is 0 Å². The van der Waals surface area contributed by atoms with Gasteiger partial charge in [0.05, 0.1) is 11.1 Å². The Hall–Kier alpha value is -2.34. The highest BCUT2D eigenvalue weighted by molar-refractivity contribution is 7.13. The van der Waals surface area contributed by atoms with Crippen LogP contribution in [0.2, 0.25) is 0 Å². The number of nitrogens with zero attached hydrogens (tertiary/aromatic N) is 1. The number of hydrogen-bond acceptors (Lipinski definition) is 5. The molecule has 0 fully saturated rings. The number of rotatable bonds is 5. The zero-order valence-corrected chi connectivity index (χ0v) is 11.4. The molecule has 0 radical (unpaired) electrons. The standard InChI is InChI=1S/C14H12N2O3S/c17-14(15-6-5-10-3-1-7-18-10)12-13(19-9-16-12)11-4-2-8-20-11/h1-4,7-9H,5-6H2,(H,15,17). The number of hydrogen-bond donors (Lipinski definition) is 1. The molecule has 0 saturated carbocycles. The molecular formula is C14H12N2O3S. The second-order valence-corrected chi connectivity index (χ2v) is 5.04. The van der Waals surface area contributed by atoms with E-state index in [1.807, 2.05) is 29.6 Å². The second-order valence-electron chi connectivity index (χ2n) is 4.09. The van der Waals surface area contributed by atoms with Crippen molar-refractivity contribution in [1.29, 1.82) is 0 Å². The van der Waals surface area contributed by atoms with Crippen LogP contribution in [0.1, 0.15) is 16.2 Å². The van der Waals surface area contributed by atoms with Gasteiger partial charge in [-0.05, 0) is 23.6 Å². The zero-order chi connectivity index (χ0) is 13.8. The highest BCUT2D eigenvalue weighted by Gasteiger charge is 2.18. The molecule has 1 amide bonds. The van der Waals surface area contributed by atoms with Gasteiger partial charge in [-0.2, -0.15) is 0 Å². The van der Waals surface area contributed by atoms with Crippen molar-refractivity contribution in [3.63, 3.8) is 0 Å². The largest absolute Gasteiger partial charge is 0.469 e. The third-order valence-electron chi connectivity index (χ3n) is 2.76. The van der Waals surface area contributed by atoms with E-state index in [0.717, 1.165) is 10.6 Å². The maximum absolute atomic E-state index is 12.1. The first kappa shape index (κ1) is 12.7. The van der Waals surface area contributed by atoms with E-state index in [2.05, 4.69) is 10.3 Å². The lowest BCUT2D eigenvalue weighted by atomic mass is 10.2. The number of carbonyl (C=O) groups excluding carboxylic acids is 1. The number of nitrogens with one attached hydrogen (secondary N) is 1. The fourth-order valence-electron chi connectivity index (χ4n) is 1.83. The number of thiophene rings is 1. The van der Waals surface area contributed by atoms with Crippen molar-refractivity contribution in [2.45, 2.75) is 6.42 Å².